The summed E-state index contributed by atoms with van der Waals surface area (Å²) >= 11 is 0. The van der Waals surface area contributed by atoms with E-state index in [2.05, 4.69) is 17.6 Å². The zero-order valence-electron chi connectivity index (χ0n) is 16.6. The van der Waals surface area contributed by atoms with Crippen molar-refractivity contribution in [3.8, 4) is 5.75 Å². The van der Waals surface area contributed by atoms with E-state index in [1.54, 1.807) is 6.07 Å². The largest absolute Gasteiger partial charge is 0.481 e. The van der Waals surface area contributed by atoms with Crippen molar-refractivity contribution >= 4 is 33.7 Å². The summed E-state index contributed by atoms with van der Waals surface area (Å²) in [5.74, 6) is -1.05. The molecular weight excluding hydrogens is 368 g/mol. The molecule has 1 aromatic heterocycles. The standard InChI is InChI=1S/C23H24N2O4/c1-3-13(2)11-25-17-9-5-8-16(23(24)28)20(17)21-18(29-12-19(26)27)10-14-6-4-7-15(14)22(21)25/h3,5,8-10H,4,6-7,11-12H2,1-2H3,(H2,24,28)(H,26,27)/b13-3+. The summed E-state index contributed by atoms with van der Waals surface area (Å²) in [6, 6.07) is 7.47. The number of aromatic nitrogens is 1. The number of hydrogen-bond acceptors (Lipinski definition) is 3. The van der Waals surface area contributed by atoms with Gasteiger partial charge in [-0.1, -0.05) is 17.7 Å². The van der Waals surface area contributed by atoms with E-state index >= 15 is 0 Å². The number of allylic oxidation sites excluding steroid dienone is 2. The zero-order valence-corrected chi connectivity index (χ0v) is 16.6. The number of aryl methyl sites for hydroxylation is 2. The Kier molecular flexibility index (Phi) is 4.78. The van der Waals surface area contributed by atoms with Gasteiger partial charge in [-0.2, -0.15) is 0 Å². The van der Waals surface area contributed by atoms with Gasteiger partial charge in [-0.05, 0) is 62.4 Å². The number of benzene rings is 2. The maximum atomic E-state index is 12.2. The highest BCUT2D eigenvalue weighted by molar-refractivity contribution is 6.20. The van der Waals surface area contributed by atoms with Crippen molar-refractivity contribution in [2.45, 2.75) is 39.7 Å². The molecule has 3 aromatic rings. The number of ether oxygens (including phenoxy) is 1. The van der Waals surface area contributed by atoms with Crippen LogP contribution in [0.2, 0.25) is 0 Å². The van der Waals surface area contributed by atoms with Crippen molar-refractivity contribution < 1.29 is 19.4 Å². The van der Waals surface area contributed by atoms with Gasteiger partial charge in [-0.15, -0.1) is 0 Å². The first-order chi connectivity index (χ1) is 13.9. The quantitative estimate of drug-likeness (QED) is 0.624. The van der Waals surface area contributed by atoms with Crippen LogP contribution in [0.5, 0.6) is 5.75 Å². The number of rotatable bonds is 6. The molecule has 0 saturated carbocycles. The summed E-state index contributed by atoms with van der Waals surface area (Å²) < 4.78 is 7.93. The normalized spacial score (nSPS) is 13.8. The van der Waals surface area contributed by atoms with Gasteiger partial charge in [0.05, 0.1) is 16.4 Å². The third kappa shape index (κ3) is 3.14. The molecule has 0 fully saturated rings. The number of aliphatic carboxylic acids is 1. The molecule has 0 bridgehead atoms. The average Bonchev–Trinajstić information content (AvgIpc) is 3.28. The molecule has 6 heteroatoms. The zero-order chi connectivity index (χ0) is 20.7. The van der Waals surface area contributed by atoms with Gasteiger partial charge >= 0.3 is 5.97 Å². The summed E-state index contributed by atoms with van der Waals surface area (Å²) in [5, 5.41) is 10.6. The minimum atomic E-state index is -1.04. The maximum Gasteiger partial charge on any atom is 0.341 e. The third-order valence-corrected chi connectivity index (χ3v) is 5.70. The molecule has 0 radical (unpaired) electrons. The molecular formula is C23H24N2O4. The second-order valence-electron chi connectivity index (χ2n) is 7.56. The molecule has 0 unspecified atom stereocenters. The van der Waals surface area contributed by atoms with Crippen LogP contribution in [0.15, 0.2) is 35.9 Å². The smallest absolute Gasteiger partial charge is 0.341 e. The van der Waals surface area contributed by atoms with Crippen LogP contribution < -0.4 is 10.5 Å². The molecule has 1 heterocycles. The van der Waals surface area contributed by atoms with Crippen molar-refractivity contribution in [3.05, 3.63) is 52.6 Å². The SMILES string of the molecule is C/C=C(\C)Cn1c2cccc(C(N)=O)c2c2c(OCC(=O)O)cc3c(c21)CCC3. The van der Waals surface area contributed by atoms with Gasteiger partial charge in [0.15, 0.2) is 6.61 Å². The molecule has 29 heavy (non-hydrogen) atoms. The number of hydrogen-bond donors (Lipinski definition) is 2. The maximum absolute atomic E-state index is 12.2. The lowest BCUT2D eigenvalue weighted by atomic mass is 10.0. The minimum absolute atomic E-state index is 0.419. The number of amides is 1. The van der Waals surface area contributed by atoms with Gasteiger partial charge in [-0.25, -0.2) is 4.79 Å². The van der Waals surface area contributed by atoms with Crippen LogP contribution in [-0.2, 0) is 24.2 Å². The number of carbonyl (C=O) groups is 2. The van der Waals surface area contributed by atoms with E-state index < -0.39 is 18.5 Å². The Hall–Kier alpha value is -3.28. The van der Waals surface area contributed by atoms with E-state index in [-0.39, 0.29) is 0 Å². The van der Waals surface area contributed by atoms with E-state index in [0.717, 1.165) is 41.1 Å². The van der Waals surface area contributed by atoms with Crippen LogP contribution >= 0.6 is 0 Å². The molecule has 6 nitrogen and oxygen atoms in total. The predicted molar refractivity (Wildman–Crippen MR) is 113 cm³/mol. The monoisotopic (exact) mass is 392 g/mol. The molecule has 3 N–H and O–H groups in total. The third-order valence-electron chi connectivity index (χ3n) is 5.70. The minimum Gasteiger partial charge on any atom is -0.481 e. The molecule has 0 spiro atoms. The van der Waals surface area contributed by atoms with Crippen molar-refractivity contribution in [1.29, 1.82) is 0 Å². The Morgan fingerprint density at radius 3 is 2.76 bits per heavy atom. The lowest BCUT2D eigenvalue weighted by Gasteiger charge is -2.13. The molecule has 150 valence electrons. The highest BCUT2D eigenvalue weighted by atomic mass is 16.5. The average molecular weight is 392 g/mol. The first-order valence-corrected chi connectivity index (χ1v) is 9.78. The second-order valence-corrected chi connectivity index (χ2v) is 7.56. The van der Waals surface area contributed by atoms with Crippen molar-refractivity contribution in [1.82, 2.24) is 4.57 Å². The number of nitrogens with zero attached hydrogens (tertiary/aromatic N) is 1. The number of primary amides is 1. The summed E-state index contributed by atoms with van der Waals surface area (Å²) in [7, 11) is 0. The highest BCUT2D eigenvalue weighted by Gasteiger charge is 2.26. The molecule has 0 aliphatic heterocycles. The Morgan fingerprint density at radius 2 is 2.07 bits per heavy atom. The lowest BCUT2D eigenvalue weighted by molar-refractivity contribution is -0.139. The van der Waals surface area contributed by atoms with Gasteiger partial charge in [0.2, 0.25) is 5.91 Å². The Morgan fingerprint density at radius 1 is 1.28 bits per heavy atom. The fourth-order valence-corrected chi connectivity index (χ4v) is 4.35. The Balaban J connectivity index is 2.16. The molecule has 1 aliphatic carbocycles. The van der Waals surface area contributed by atoms with Crippen LogP contribution in [-0.4, -0.2) is 28.2 Å². The van der Waals surface area contributed by atoms with Crippen LogP contribution in [0.1, 0.15) is 41.8 Å². The van der Waals surface area contributed by atoms with Crippen LogP contribution in [0.25, 0.3) is 21.8 Å². The second kappa shape index (κ2) is 7.28. The van der Waals surface area contributed by atoms with Crippen LogP contribution in [0, 0.1) is 0 Å². The van der Waals surface area contributed by atoms with Gasteiger partial charge in [0.1, 0.15) is 5.75 Å². The molecule has 1 amide bonds. The van der Waals surface area contributed by atoms with Gasteiger partial charge in [0, 0.05) is 17.5 Å². The van der Waals surface area contributed by atoms with Gasteiger partial charge in [0.25, 0.3) is 0 Å². The number of carboxylic acids is 1. The molecule has 4 rings (SSSR count). The summed E-state index contributed by atoms with van der Waals surface area (Å²) in [6.07, 6.45) is 4.99. The summed E-state index contributed by atoms with van der Waals surface area (Å²) in [6.45, 7) is 4.31. The lowest BCUT2D eigenvalue weighted by Crippen LogP contribution is -2.12. The molecule has 2 aromatic carbocycles. The van der Waals surface area contributed by atoms with Crippen molar-refractivity contribution in [2.24, 2.45) is 5.73 Å². The summed E-state index contributed by atoms with van der Waals surface area (Å²) in [5.41, 5.74) is 11.7. The van der Waals surface area contributed by atoms with Crippen molar-refractivity contribution in [3.63, 3.8) is 0 Å². The number of carboxylic acid groups (broad SMARTS) is 1. The van der Waals surface area contributed by atoms with E-state index in [4.69, 9.17) is 15.6 Å². The Bertz CT molecular complexity index is 1190. The fraction of sp³-hybridized carbons (Fsp3) is 0.304. The van der Waals surface area contributed by atoms with Crippen molar-refractivity contribution in [2.75, 3.05) is 6.61 Å². The molecule has 0 atom stereocenters. The Labute approximate surface area is 168 Å². The topological polar surface area (TPSA) is 94.5 Å². The predicted octanol–water partition coefficient (Wildman–Crippen LogP) is 3.81. The number of fused-ring (bicyclic) bond motifs is 5. The number of carbonyl (C=O) groups excluding carboxylic acids is 1. The van der Waals surface area contributed by atoms with Gasteiger partial charge < -0.3 is 20.1 Å². The fourth-order valence-electron chi connectivity index (χ4n) is 4.35. The van der Waals surface area contributed by atoms with E-state index in [1.165, 1.54) is 16.7 Å². The van der Waals surface area contributed by atoms with Crippen LogP contribution in [0.3, 0.4) is 0 Å². The molecule has 1 aliphatic rings. The van der Waals surface area contributed by atoms with E-state index in [0.29, 0.717) is 17.9 Å². The van der Waals surface area contributed by atoms with E-state index in [1.807, 2.05) is 25.1 Å². The first kappa shape index (κ1) is 19.1. The molecule has 0 saturated heterocycles. The summed E-state index contributed by atoms with van der Waals surface area (Å²) in [4.78, 5) is 23.4. The van der Waals surface area contributed by atoms with E-state index in [9.17, 15) is 9.59 Å². The first-order valence-electron chi connectivity index (χ1n) is 9.78. The highest BCUT2D eigenvalue weighted by Crippen LogP contribution is 2.43. The number of nitrogens with two attached hydrogens (primary N) is 1. The van der Waals surface area contributed by atoms with Gasteiger partial charge in [-0.3, -0.25) is 4.79 Å². The van der Waals surface area contributed by atoms with Crippen LogP contribution in [0.4, 0.5) is 0 Å².